The van der Waals surface area contributed by atoms with Crippen molar-refractivity contribution in [2.45, 2.75) is 13.0 Å². The van der Waals surface area contributed by atoms with E-state index in [2.05, 4.69) is 26.4 Å². The number of likely N-dealkylation sites (tertiary alicyclic amines) is 1. The number of rotatable bonds is 9. The summed E-state index contributed by atoms with van der Waals surface area (Å²) in [5, 5.41) is 8.63. The number of nitrogens with zero attached hydrogens (tertiary/aromatic N) is 2. The van der Waals surface area contributed by atoms with Gasteiger partial charge in [-0.05, 0) is 41.9 Å². The van der Waals surface area contributed by atoms with Gasteiger partial charge in [-0.2, -0.15) is 11.8 Å². The zero-order valence-corrected chi connectivity index (χ0v) is 16.2. The van der Waals surface area contributed by atoms with Gasteiger partial charge in [-0.15, -0.1) is 0 Å². The summed E-state index contributed by atoms with van der Waals surface area (Å²) in [7, 11) is 0. The highest BCUT2D eigenvalue weighted by Crippen LogP contribution is 2.52. The zero-order valence-electron chi connectivity index (χ0n) is 15.4. The fraction of sp³-hybridized carbons (Fsp3) is 0.700. The second-order valence-corrected chi connectivity index (χ2v) is 9.03. The Bertz CT molecular complexity index is 553. The Balaban J connectivity index is 1.07. The van der Waals surface area contributed by atoms with Crippen molar-refractivity contribution in [3.63, 3.8) is 0 Å². The molecule has 1 aliphatic carbocycles. The molecule has 0 spiro atoms. The SMILES string of the molecule is OOc1ccc(CN2CC3C(COCCCN4CCSCC4)C3C2)cc1. The molecule has 0 bridgehead atoms. The first-order valence-electron chi connectivity index (χ1n) is 9.84. The van der Waals surface area contributed by atoms with Gasteiger partial charge < -0.3 is 14.5 Å². The van der Waals surface area contributed by atoms with E-state index in [1.54, 1.807) is 0 Å². The van der Waals surface area contributed by atoms with Crippen molar-refractivity contribution in [3.05, 3.63) is 29.8 Å². The Morgan fingerprint density at radius 3 is 2.46 bits per heavy atom. The molecule has 0 radical (unpaired) electrons. The fourth-order valence-electron chi connectivity index (χ4n) is 4.46. The first-order valence-corrected chi connectivity index (χ1v) is 11.0. The first-order chi connectivity index (χ1) is 12.8. The highest BCUT2D eigenvalue weighted by Gasteiger charge is 2.55. The van der Waals surface area contributed by atoms with Crippen LogP contribution in [0.25, 0.3) is 0 Å². The lowest BCUT2D eigenvalue weighted by molar-refractivity contribution is -0.137. The van der Waals surface area contributed by atoms with Crippen molar-refractivity contribution in [3.8, 4) is 5.75 Å². The van der Waals surface area contributed by atoms with Crippen LogP contribution in [0.1, 0.15) is 12.0 Å². The molecule has 5 nitrogen and oxygen atoms in total. The van der Waals surface area contributed by atoms with Crippen molar-refractivity contribution < 1.29 is 14.9 Å². The molecule has 2 unspecified atom stereocenters. The molecule has 3 fully saturated rings. The Morgan fingerprint density at radius 1 is 1.04 bits per heavy atom. The van der Waals surface area contributed by atoms with Crippen LogP contribution in [0.3, 0.4) is 0 Å². The molecular weight excluding hydrogens is 348 g/mol. The van der Waals surface area contributed by atoms with Crippen molar-refractivity contribution in [2.24, 2.45) is 17.8 Å². The van der Waals surface area contributed by atoms with Crippen LogP contribution in [-0.4, -0.2) is 72.5 Å². The number of thioether (sulfide) groups is 1. The summed E-state index contributed by atoms with van der Waals surface area (Å²) in [5.74, 6) is 5.56. The van der Waals surface area contributed by atoms with Gasteiger partial charge in [0.25, 0.3) is 0 Å². The van der Waals surface area contributed by atoms with Crippen LogP contribution < -0.4 is 4.89 Å². The molecule has 26 heavy (non-hydrogen) atoms. The molecule has 1 aromatic rings. The van der Waals surface area contributed by atoms with Gasteiger partial charge in [0.05, 0.1) is 6.61 Å². The highest BCUT2D eigenvalue weighted by atomic mass is 32.2. The normalized spacial score (nSPS) is 28.9. The highest BCUT2D eigenvalue weighted by molar-refractivity contribution is 7.99. The minimum Gasteiger partial charge on any atom is -0.381 e. The number of ether oxygens (including phenoxy) is 1. The molecule has 1 aromatic carbocycles. The Morgan fingerprint density at radius 2 is 1.77 bits per heavy atom. The largest absolute Gasteiger partial charge is 0.381 e. The third-order valence-corrected chi connectivity index (χ3v) is 7.00. The van der Waals surface area contributed by atoms with Gasteiger partial charge in [0.2, 0.25) is 0 Å². The average Bonchev–Trinajstić information content (AvgIpc) is 3.14. The third-order valence-electron chi connectivity index (χ3n) is 6.06. The van der Waals surface area contributed by atoms with E-state index in [9.17, 15) is 0 Å². The van der Waals surface area contributed by atoms with Crippen LogP contribution in [-0.2, 0) is 11.3 Å². The molecule has 1 N–H and O–H groups in total. The molecule has 144 valence electrons. The van der Waals surface area contributed by atoms with E-state index >= 15 is 0 Å². The van der Waals surface area contributed by atoms with E-state index in [1.165, 1.54) is 56.2 Å². The predicted octanol–water partition coefficient (Wildman–Crippen LogP) is 2.67. The van der Waals surface area contributed by atoms with Crippen molar-refractivity contribution in [1.29, 1.82) is 0 Å². The average molecular weight is 379 g/mol. The fourth-order valence-corrected chi connectivity index (χ4v) is 5.44. The summed E-state index contributed by atoms with van der Waals surface area (Å²) in [6, 6.07) is 7.67. The second-order valence-electron chi connectivity index (χ2n) is 7.80. The summed E-state index contributed by atoms with van der Waals surface area (Å²) in [4.78, 5) is 9.34. The monoisotopic (exact) mass is 378 g/mol. The van der Waals surface area contributed by atoms with Gasteiger partial charge in [-0.3, -0.25) is 4.90 Å². The van der Waals surface area contributed by atoms with E-state index in [1.807, 2.05) is 24.3 Å². The number of piperidine rings is 1. The standard InChI is InChI=1S/C20H30N2O3S/c23-25-17-4-2-16(3-5-17)12-22-13-18-19(14-22)20(18)15-24-9-1-6-21-7-10-26-11-8-21/h2-5,18-20,23H,1,6-15H2. The molecule has 0 amide bonds. The van der Waals surface area contributed by atoms with Gasteiger partial charge in [0, 0.05) is 57.4 Å². The molecule has 1 saturated carbocycles. The number of benzene rings is 1. The number of hydrogen-bond acceptors (Lipinski definition) is 6. The zero-order chi connectivity index (χ0) is 17.8. The van der Waals surface area contributed by atoms with E-state index < -0.39 is 0 Å². The van der Waals surface area contributed by atoms with Crippen molar-refractivity contribution >= 4 is 11.8 Å². The molecular formula is C20H30N2O3S. The summed E-state index contributed by atoms with van der Waals surface area (Å²) in [5.41, 5.74) is 1.27. The van der Waals surface area contributed by atoms with Crippen LogP contribution in [0.4, 0.5) is 0 Å². The van der Waals surface area contributed by atoms with E-state index in [4.69, 9.17) is 9.99 Å². The third kappa shape index (κ3) is 4.73. The van der Waals surface area contributed by atoms with Gasteiger partial charge in [-0.25, -0.2) is 5.26 Å². The molecule has 0 aromatic heterocycles. The maximum Gasteiger partial charge on any atom is 0.165 e. The maximum absolute atomic E-state index is 8.63. The smallest absolute Gasteiger partial charge is 0.165 e. The first kappa shape index (κ1) is 18.6. The van der Waals surface area contributed by atoms with Gasteiger partial charge in [0.1, 0.15) is 0 Å². The lowest BCUT2D eigenvalue weighted by Gasteiger charge is -2.25. The van der Waals surface area contributed by atoms with Crippen LogP contribution in [0.2, 0.25) is 0 Å². The number of fused-ring (bicyclic) bond motifs is 1. The van der Waals surface area contributed by atoms with E-state index in [0.717, 1.165) is 37.5 Å². The Kier molecular flexibility index (Phi) is 6.38. The summed E-state index contributed by atoms with van der Waals surface area (Å²) in [6.07, 6.45) is 1.17. The van der Waals surface area contributed by atoms with Crippen molar-refractivity contribution in [1.82, 2.24) is 9.80 Å². The topological polar surface area (TPSA) is 45.2 Å². The molecule has 4 rings (SSSR count). The lowest BCUT2D eigenvalue weighted by Crippen LogP contribution is -2.33. The van der Waals surface area contributed by atoms with Gasteiger partial charge >= 0.3 is 0 Å². The van der Waals surface area contributed by atoms with Gasteiger partial charge in [0.15, 0.2) is 5.75 Å². The summed E-state index contributed by atoms with van der Waals surface area (Å²) in [6.45, 7) is 8.97. The van der Waals surface area contributed by atoms with Crippen LogP contribution >= 0.6 is 11.8 Å². The summed E-state index contributed by atoms with van der Waals surface area (Å²) >= 11 is 2.07. The quantitative estimate of drug-likeness (QED) is 0.405. The molecule has 6 heteroatoms. The van der Waals surface area contributed by atoms with Crippen LogP contribution in [0, 0.1) is 17.8 Å². The maximum atomic E-state index is 8.63. The Hall–Kier alpha value is -0.790. The molecule has 2 atom stereocenters. The van der Waals surface area contributed by atoms with Gasteiger partial charge in [-0.1, -0.05) is 12.1 Å². The van der Waals surface area contributed by atoms with Crippen molar-refractivity contribution in [2.75, 3.05) is 57.4 Å². The minimum atomic E-state index is 0.495. The Labute approximate surface area is 160 Å². The molecule has 3 aliphatic rings. The molecule has 2 aliphatic heterocycles. The second kappa shape index (κ2) is 8.93. The number of hydrogen-bond donors (Lipinski definition) is 1. The van der Waals surface area contributed by atoms with E-state index in [0.29, 0.717) is 5.75 Å². The van der Waals surface area contributed by atoms with E-state index in [-0.39, 0.29) is 0 Å². The molecule has 2 heterocycles. The minimum absolute atomic E-state index is 0.495. The molecule has 2 saturated heterocycles. The summed E-state index contributed by atoms with van der Waals surface area (Å²) < 4.78 is 5.98. The lowest BCUT2D eigenvalue weighted by atomic mass is 10.2. The van der Waals surface area contributed by atoms with Crippen LogP contribution in [0.5, 0.6) is 5.75 Å². The van der Waals surface area contributed by atoms with Crippen LogP contribution in [0.15, 0.2) is 24.3 Å². The predicted molar refractivity (Wildman–Crippen MR) is 105 cm³/mol.